The first-order valence-electron chi connectivity index (χ1n) is 4.06. The Morgan fingerprint density at radius 1 is 1.50 bits per heavy atom. The van der Waals surface area contributed by atoms with Crippen molar-refractivity contribution in [1.29, 1.82) is 0 Å². The van der Waals surface area contributed by atoms with Crippen LogP contribution < -0.4 is 15.8 Å². The molecule has 0 aliphatic carbocycles. The molecule has 0 unspecified atom stereocenters. The molecule has 0 aliphatic heterocycles. The number of anilines is 1. The van der Waals surface area contributed by atoms with E-state index in [1.54, 1.807) is 24.3 Å². The maximum absolute atomic E-state index is 10.6. The van der Waals surface area contributed by atoms with Crippen LogP contribution in [-0.2, 0) is 4.74 Å². The summed E-state index contributed by atoms with van der Waals surface area (Å²) >= 11 is 0. The van der Waals surface area contributed by atoms with Crippen LogP contribution in [0, 0.1) is 0 Å². The van der Waals surface area contributed by atoms with Crippen LogP contribution in [0.3, 0.4) is 0 Å². The Hall–Kier alpha value is -1.91. The number of carbonyl (C=O) groups is 1. The highest BCUT2D eigenvalue weighted by atomic mass is 16.7. The fourth-order valence-corrected chi connectivity index (χ4v) is 0.831. The van der Waals surface area contributed by atoms with E-state index >= 15 is 0 Å². The number of nitrogen functional groups attached to an aromatic ring is 1. The van der Waals surface area contributed by atoms with Crippen molar-refractivity contribution in [2.45, 2.75) is 0 Å². The number of amides is 1. The molecule has 0 saturated carbocycles. The van der Waals surface area contributed by atoms with E-state index in [-0.39, 0.29) is 6.79 Å². The number of nitrogens with two attached hydrogens (primary N) is 1. The number of rotatable bonds is 3. The van der Waals surface area contributed by atoms with Crippen LogP contribution in [0.1, 0.15) is 0 Å². The molecule has 0 radical (unpaired) electrons. The van der Waals surface area contributed by atoms with E-state index in [2.05, 4.69) is 10.1 Å². The van der Waals surface area contributed by atoms with Crippen molar-refractivity contribution < 1.29 is 14.3 Å². The van der Waals surface area contributed by atoms with Crippen molar-refractivity contribution in [1.82, 2.24) is 5.32 Å². The van der Waals surface area contributed by atoms with Gasteiger partial charge in [-0.2, -0.15) is 0 Å². The van der Waals surface area contributed by atoms with Crippen LogP contribution in [0.5, 0.6) is 5.75 Å². The Balaban J connectivity index is 2.39. The van der Waals surface area contributed by atoms with Crippen molar-refractivity contribution in [3.8, 4) is 5.75 Å². The van der Waals surface area contributed by atoms with Gasteiger partial charge in [-0.05, 0) is 12.1 Å². The number of alkyl carbamates (subject to hydrolysis) is 1. The van der Waals surface area contributed by atoms with Gasteiger partial charge in [-0.3, -0.25) is 0 Å². The molecule has 1 aromatic rings. The fourth-order valence-electron chi connectivity index (χ4n) is 0.831. The van der Waals surface area contributed by atoms with Gasteiger partial charge in [0.15, 0.2) is 0 Å². The standard InChI is InChI=1S/C9H12N2O3/c1-11-9(12)14-6-13-8-5-3-2-4-7(8)10/h2-5H,6,10H2,1H3,(H,11,12). The molecule has 0 fully saturated rings. The quantitative estimate of drug-likeness (QED) is 0.557. The van der Waals surface area contributed by atoms with E-state index in [4.69, 9.17) is 10.5 Å². The molecule has 0 aromatic heterocycles. The monoisotopic (exact) mass is 196 g/mol. The van der Waals surface area contributed by atoms with Gasteiger partial charge in [0.05, 0.1) is 5.69 Å². The predicted molar refractivity (Wildman–Crippen MR) is 51.9 cm³/mol. The highest BCUT2D eigenvalue weighted by Crippen LogP contribution is 2.19. The minimum Gasteiger partial charge on any atom is -0.455 e. The number of benzene rings is 1. The van der Waals surface area contributed by atoms with E-state index in [1.807, 2.05) is 0 Å². The van der Waals surface area contributed by atoms with Gasteiger partial charge in [0.2, 0.25) is 6.79 Å². The minimum absolute atomic E-state index is 0.159. The second-order valence-electron chi connectivity index (χ2n) is 2.48. The Morgan fingerprint density at radius 2 is 2.21 bits per heavy atom. The molecule has 3 N–H and O–H groups in total. The maximum Gasteiger partial charge on any atom is 0.409 e. The van der Waals surface area contributed by atoms with Crippen molar-refractivity contribution in [3.63, 3.8) is 0 Å². The second kappa shape index (κ2) is 4.96. The van der Waals surface area contributed by atoms with Gasteiger partial charge < -0.3 is 20.5 Å². The number of hydrogen-bond acceptors (Lipinski definition) is 4. The molecule has 14 heavy (non-hydrogen) atoms. The Morgan fingerprint density at radius 3 is 2.86 bits per heavy atom. The van der Waals surface area contributed by atoms with Gasteiger partial charge in [0.25, 0.3) is 0 Å². The Bertz CT molecular complexity index is 315. The third-order valence-corrected chi connectivity index (χ3v) is 1.53. The molecule has 0 aliphatic rings. The molecule has 5 nitrogen and oxygen atoms in total. The van der Waals surface area contributed by atoms with Crippen LogP contribution in [0.25, 0.3) is 0 Å². The summed E-state index contributed by atoms with van der Waals surface area (Å²) in [7, 11) is 1.47. The van der Waals surface area contributed by atoms with E-state index in [1.165, 1.54) is 7.05 Å². The lowest BCUT2D eigenvalue weighted by Gasteiger charge is -2.08. The largest absolute Gasteiger partial charge is 0.455 e. The normalized spacial score (nSPS) is 9.21. The zero-order valence-electron chi connectivity index (χ0n) is 7.82. The third-order valence-electron chi connectivity index (χ3n) is 1.53. The summed E-state index contributed by atoms with van der Waals surface area (Å²) in [5.74, 6) is 0.497. The van der Waals surface area contributed by atoms with Gasteiger partial charge in [-0.25, -0.2) is 4.79 Å². The first-order chi connectivity index (χ1) is 6.74. The molecular formula is C9H12N2O3. The summed E-state index contributed by atoms with van der Waals surface area (Å²) < 4.78 is 9.72. The summed E-state index contributed by atoms with van der Waals surface area (Å²) in [6.45, 7) is -0.159. The lowest BCUT2D eigenvalue weighted by Crippen LogP contribution is -2.21. The number of ether oxygens (including phenoxy) is 2. The van der Waals surface area contributed by atoms with Crippen molar-refractivity contribution in [2.24, 2.45) is 0 Å². The van der Waals surface area contributed by atoms with Gasteiger partial charge in [-0.15, -0.1) is 0 Å². The average Bonchev–Trinajstić information content (AvgIpc) is 2.20. The van der Waals surface area contributed by atoms with Crippen LogP contribution in [0.2, 0.25) is 0 Å². The SMILES string of the molecule is CNC(=O)OCOc1ccccc1N. The second-order valence-corrected chi connectivity index (χ2v) is 2.48. The number of nitrogens with one attached hydrogen (secondary N) is 1. The molecule has 76 valence electrons. The van der Waals surface area contributed by atoms with Gasteiger partial charge in [0, 0.05) is 7.05 Å². The number of para-hydroxylation sites is 2. The summed E-state index contributed by atoms with van der Waals surface area (Å²) in [5.41, 5.74) is 6.10. The first-order valence-corrected chi connectivity index (χ1v) is 4.06. The van der Waals surface area contributed by atoms with Crippen LogP contribution >= 0.6 is 0 Å². The number of hydrogen-bond donors (Lipinski definition) is 2. The van der Waals surface area contributed by atoms with E-state index in [9.17, 15) is 4.79 Å². The van der Waals surface area contributed by atoms with Gasteiger partial charge in [-0.1, -0.05) is 12.1 Å². The zero-order valence-corrected chi connectivity index (χ0v) is 7.82. The predicted octanol–water partition coefficient (Wildman–Crippen LogP) is 0.961. The molecule has 0 spiro atoms. The molecule has 0 heterocycles. The van der Waals surface area contributed by atoms with Gasteiger partial charge >= 0.3 is 6.09 Å². The topological polar surface area (TPSA) is 73.6 Å². The Kier molecular flexibility index (Phi) is 3.60. The van der Waals surface area contributed by atoms with E-state index < -0.39 is 6.09 Å². The minimum atomic E-state index is -0.542. The Labute approximate surface area is 81.8 Å². The molecule has 0 bridgehead atoms. The van der Waals surface area contributed by atoms with Crippen molar-refractivity contribution in [2.75, 3.05) is 19.6 Å². The zero-order chi connectivity index (χ0) is 10.4. The highest BCUT2D eigenvalue weighted by Gasteiger charge is 2.00. The van der Waals surface area contributed by atoms with Crippen LogP contribution in [0.4, 0.5) is 10.5 Å². The lowest BCUT2D eigenvalue weighted by atomic mass is 10.3. The highest BCUT2D eigenvalue weighted by molar-refractivity contribution is 5.66. The summed E-state index contributed by atoms with van der Waals surface area (Å²) in [6.07, 6.45) is -0.542. The smallest absolute Gasteiger partial charge is 0.409 e. The van der Waals surface area contributed by atoms with E-state index in [0.717, 1.165) is 0 Å². The summed E-state index contributed by atoms with van der Waals surface area (Å²) in [5, 5.41) is 2.29. The molecule has 1 aromatic carbocycles. The lowest BCUT2D eigenvalue weighted by molar-refractivity contribution is 0.0612. The molecular weight excluding hydrogens is 184 g/mol. The van der Waals surface area contributed by atoms with E-state index in [0.29, 0.717) is 11.4 Å². The molecule has 5 heteroatoms. The third kappa shape index (κ3) is 2.85. The molecule has 1 amide bonds. The van der Waals surface area contributed by atoms with Crippen LogP contribution in [0.15, 0.2) is 24.3 Å². The summed E-state index contributed by atoms with van der Waals surface area (Å²) in [4.78, 5) is 10.6. The fraction of sp³-hybridized carbons (Fsp3) is 0.222. The molecule has 1 rings (SSSR count). The van der Waals surface area contributed by atoms with Crippen molar-refractivity contribution in [3.05, 3.63) is 24.3 Å². The average molecular weight is 196 g/mol. The van der Waals surface area contributed by atoms with Crippen LogP contribution in [-0.4, -0.2) is 19.9 Å². The van der Waals surface area contributed by atoms with Crippen molar-refractivity contribution >= 4 is 11.8 Å². The maximum atomic E-state index is 10.6. The molecule has 0 saturated heterocycles. The molecule has 0 atom stereocenters. The summed E-state index contributed by atoms with van der Waals surface area (Å²) in [6, 6.07) is 6.98. The first kappa shape index (κ1) is 10.2. The number of carbonyl (C=O) groups excluding carboxylic acids is 1. The van der Waals surface area contributed by atoms with Gasteiger partial charge in [0.1, 0.15) is 5.75 Å².